The molecule has 5 nitrogen and oxygen atoms in total. The summed E-state index contributed by atoms with van der Waals surface area (Å²) in [7, 11) is -2.16. The zero-order chi connectivity index (χ0) is 19.3. The molecule has 138 valence electrons. The molecule has 0 aliphatic rings. The topological polar surface area (TPSA) is 66.5 Å². The normalized spacial score (nSPS) is 11.4. The summed E-state index contributed by atoms with van der Waals surface area (Å²) in [5, 5.41) is 4.65. The number of carbonyl (C=O) groups is 1. The van der Waals surface area contributed by atoms with Crippen LogP contribution >= 0.6 is 11.3 Å². The van der Waals surface area contributed by atoms with Gasteiger partial charge in [0.1, 0.15) is 0 Å². The first kappa shape index (κ1) is 18.9. The summed E-state index contributed by atoms with van der Waals surface area (Å²) in [6, 6.07) is 18.8. The molecule has 0 fully saturated rings. The van der Waals surface area contributed by atoms with Crippen LogP contribution in [0.15, 0.2) is 83.1 Å². The molecule has 0 saturated heterocycles. The summed E-state index contributed by atoms with van der Waals surface area (Å²) in [4.78, 5) is 13.1. The molecular weight excluding hydrogens is 380 g/mol. The van der Waals surface area contributed by atoms with E-state index in [0.29, 0.717) is 11.4 Å². The third kappa shape index (κ3) is 4.64. The highest BCUT2D eigenvalue weighted by Crippen LogP contribution is 2.22. The minimum Gasteiger partial charge on any atom is -0.323 e. The van der Waals surface area contributed by atoms with Gasteiger partial charge in [0.15, 0.2) is 0 Å². The van der Waals surface area contributed by atoms with Crippen molar-refractivity contribution >= 4 is 44.7 Å². The van der Waals surface area contributed by atoms with Crippen LogP contribution < -0.4 is 9.62 Å². The summed E-state index contributed by atoms with van der Waals surface area (Å²) in [5.74, 6) is -0.277. The molecule has 0 unspecified atom stereocenters. The van der Waals surface area contributed by atoms with Crippen molar-refractivity contribution in [1.29, 1.82) is 0 Å². The summed E-state index contributed by atoms with van der Waals surface area (Å²) in [6.45, 7) is 0. The van der Waals surface area contributed by atoms with Crippen molar-refractivity contribution in [2.75, 3.05) is 16.7 Å². The summed E-state index contributed by atoms with van der Waals surface area (Å²) >= 11 is 1.54. The molecule has 27 heavy (non-hydrogen) atoms. The molecule has 3 aromatic rings. The molecule has 1 aromatic heterocycles. The predicted molar refractivity (Wildman–Crippen MR) is 110 cm³/mol. The first-order valence-electron chi connectivity index (χ1n) is 8.13. The summed E-state index contributed by atoms with van der Waals surface area (Å²) < 4.78 is 26.7. The van der Waals surface area contributed by atoms with Crippen molar-refractivity contribution in [1.82, 2.24) is 0 Å². The molecule has 0 saturated carbocycles. The summed E-state index contributed by atoms with van der Waals surface area (Å²) in [5.41, 5.74) is 1.10. The zero-order valence-electron chi connectivity index (χ0n) is 14.6. The van der Waals surface area contributed by atoms with Gasteiger partial charge in [-0.1, -0.05) is 24.3 Å². The Morgan fingerprint density at radius 3 is 2.33 bits per heavy atom. The molecule has 2 aromatic carbocycles. The Labute approximate surface area is 162 Å². The first-order chi connectivity index (χ1) is 13.0. The molecule has 0 atom stereocenters. The number of rotatable bonds is 6. The van der Waals surface area contributed by atoms with Crippen molar-refractivity contribution < 1.29 is 13.2 Å². The highest BCUT2D eigenvalue weighted by molar-refractivity contribution is 7.92. The highest BCUT2D eigenvalue weighted by atomic mass is 32.2. The number of amides is 1. The fraction of sp³-hybridized carbons (Fsp3) is 0.0500. The van der Waals surface area contributed by atoms with Crippen molar-refractivity contribution in [2.45, 2.75) is 4.90 Å². The van der Waals surface area contributed by atoms with Gasteiger partial charge in [-0.2, -0.15) is 0 Å². The van der Waals surface area contributed by atoms with Gasteiger partial charge >= 0.3 is 0 Å². The van der Waals surface area contributed by atoms with E-state index in [1.807, 2.05) is 23.6 Å². The Balaban J connectivity index is 1.70. The number of para-hydroxylation sites is 1. The van der Waals surface area contributed by atoms with Crippen LogP contribution in [0.2, 0.25) is 0 Å². The van der Waals surface area contributed by atoms with E-state index in [9.17, 15) is 13.2 Å². The number of sulfonamides is 1. The van der Waals surface area contributed by atoms with Crippen molar-refractivity contribution in [3.63, 3.8) is 0 Å². The second kappa shape index (κ2) is 8.20. The van der Waals surface area contributed by atoms with E-state index < -0.39 is 10.0 Å². The second-order valence-electron chi connectivity index (χ2n) is 5.67. The number of benzene rings is 2. The number of nitrogens with zero attached hydrogens (tertiary/aromatic N) is 1. The smallest absolute Gasteiger partial charge is 0.264 e. The van der Waals surface area contributed by atoms with Crippen LogP contribution in [0.1, 0.15) is 4.88 Å². The van der Waals surface area contributed by atoms with E-state index in [-0.39, 0.29) is 10.8 Å². The average molecular weight is 399 g/mol. The highest BCUT2D eigenvalue weighted by Gasteiger charge is 2.20. The lowest BCUT2D eigenvalue weighted by Crippen LogP contribution is -2.26. The Hall–Kier alpha value is -2.90. The maximum Gasteiger partial charge on any atom is 0.264 e. The fourth-order valence-electron chi connectivity index (χ4n) is 2.37. The number of hydrogen-bond acceptors (Lipinski definition) is 4. The van der Waals surface area contributed by atoms with Gasteiger partial charge in [0.05, 0.1) is 10.6 Å². The van der Waals surface area contributed by atoms with Crippen molar-refractivity contribution in [3.05, 3.63) is 83.1 Å². The Morgan fingerprint density at radius 1 is 1.00 bits per heavy atom. The van der Waals surface area contributed by atoms with Crippen LogP contribution in [0.25, 0.3) is 6.08 Å². The van der Waals surface area contributed by atoms with Crippen LogP contribution in [0, 0.1) is 0 Å². The van der Waals surface area contributed by atoms with Crippen LogP contribution in [-0.4, -0.2) is 21.4 Å². The molecule has 0 radical (unpaired) electrons. The number of nitrogens with one attached hydrogen (secondary N) is 1. The van der Waals surface area contributed by atoms with Crippen molar-refractivity contribution in [2.24, 2.45) is 0 Å². The quantitative estimate of drug-likeness (QED) is 0.632. The largest absolute Gasteiger partial charge is 0.323 e. The monoisotopic (exact) mass is 398 g/mol. The van der Waals surface area contributed by atoms with E-state index in [4.69, 9.17) is 0 Å². The number of carbonyl (C=O) groups excluding carboxylic acids is 1. The SMILES string of the molecule is CN(c1ccccc1)S(=O)(=O)c1ccc(NC(=O)/C=C/c2cccs2)cc1. The van der Waals surface area contributed by atoms with Gasteiger partial charge in [-0.3, -0.25) is 9.10 Å². The fourth-order valence-corrected chi connectivity index (χ4v) is 4.19. The van der Waals surface area contributed by atoms with Gasteiger partial charge in [0.25, 0.3) is 10.0 Å². The lowest BCUT2D eigenvalue weighted by atomic mass is 10.3. The Kier molecular flexibility index (Phi) is 5.73. The van der Waals surface area contributed by atoms with Gasteiger partial charge in [0.2, 0.25) is 5.91 Å². The predicted octanol–water partition coefficient (Wildman–Crippen LogP) is 4.23. The van der Waals surface area contributed by atoms with Gasteiger partial charge in [0, 0.05) is 23.7 Å². The van der Waals surface area contributed by atoms with Gasteiger partial charge in [-0.25, -0.2) is 8.42 Å². The maximum absolute atomic E-state index is 12.7. The van der Waals surface area contributed by atoms with E-state index in [0.717, 1.165) is 4.88 Å². The minimum atomic E-state index is -3.67. The lowest BCUT2D eigenvalue weighted by Gasteiger charge is -2.19. The molecule has 0 aliphatic carbocycles. The third-order valence-corrected chi connectivity index (χ3v) is 6.48. The van der Waals surface area contributed by atoms with Crippen LogP contribution in [-0.2, 0) is 14.8 Å². The molecule has 1 N–H and O–H groups in total. The van der Waals surface area contributed by atoms with Crippen molar-refractivity contribution in [3.8, 4) is 0 Å². The average Bonchev–Trinajstić information content (AvgIpc) is 3.20. The lowest BCUT2D eigenvalue weighted by molar-refractivity contribution is -0.111. The van der Waals surface area contributed by atoms with E-state index in [1.165, 1.54) is 40.9 Å². The van der Waals surface area contributed by atoms with Gasteiger partial charge in [-0.05, 0) is 53.9 Å². The Morgan fingerprint density at radius 2 is 1.70 bits per heavy atom. The zero-order valence-corrected chi connectivity index (χ0v) is 16.2. The van der Waals surface area contributed by atoms with Crippen LogP contribution in [0.5, 0.6) is 0 Å². The number of thiophene rings is 1. The summed E-state index contributed by atoms with van der Waals surface area (Å²) in [6.07, 6.45) is 3.17. The second-order valence-corrected chi connectivity index (χ2v) is 8.62. The first-order valence-corrected chi connectivity index (χ1v) is 10.5. The number of hydrogen-bond donors (Lipinski definition) is 1. The van der Waals surface area contributed by atoms with Gasteiger partial charge in [-0.15, -0.1) is 11.3 Å². The maximum atomic E-state index is 12.7. The van der Waals surface area contributed by atoms with Gasteiger partial charge < -0.3 is 5.32 Å². The molecule has 0 aliphatic heterocycles. The van der Waals surface area contributed by atoms with Crippen LogP contribution in [0.3, 0.4) is 0 Å². The molecular formula is C20H18N2O3S2. The molecule has 1 amide bonds. The molecule has 1 heterocycles. The molecule has 0 spiro atoms. The Bertz CT molecular complexity index is 1030. The minimum absolute atomic E-state index is 0.154. The van der Waals surface area contributed by atoms with Crippen LogP contribution in [0.4, 0.5) is 11.4 Å². The van der Waals surface area contributed by atoms with E-state index in [2.05, 4.69) is 5.32 Å². The third-order valence-electron chi connectivity index (χ3n) is 3.84. The molecule has 0 bridgehead atoms. The standard InChI is InChI=1S/C20H18N2O3S2/c1-22(17-6-3-2-4-7-17)27(24,25)19-12-9-16(10-13-19)21-20(23)14-11-18-8-5-15-26-18/h2-15H,1H3,(H,21,23)/b14-11+. The number of anilines is 2. The van der Waals surface area contributed by atoms with E-state index in [1.54, 1.807) is 42.5 Å². The molecule has 7 heteroatoms. The van der Waals surface area contributed by atoms with E-state index >= 15 is 0 Å². The molecule has 3 rings (SSSR count).